The first kappa shape index (κ1) is 22.3. The summed E-state index contributed by atoms with van der Waals surface area (Å²) in [5.41, 5.74) is -0.884. The average molecular weight is 452 g/mol. The number of carbonyl (C=O) groups is 1. The molecular weight excluding hydrogens is 436 g/mol. The first-order chi connectivity index (χ1) is 14.6. The molecule has 0 spiro atoms. The predicted molar refractivity (Wildman–Crippen MR) is 106 cm³/mol. The number of hydrogen-bond donors (Lipinski definition) is 2. The van der Waals surface area contributed by atoms with Crippen molar-refractivity contribution in [2.75, 3.05) is 4.72 Å². The summed E-state index contributed by atoms with van der Waals surface area (Å²) in [4.78, 5) is 12.1. The summed E-state index contributed by atoms with van der Waals surface area (Å²) in [5, 5.41) is 2.45. The second kappa shape index (κ2) is 8.76. The number of hydrogen-bond acceptors (Lipinski definition) is 3. The fourth-order valence-electron chi connectivity index (χ4n) is 2.69. The molecule has 0 saturated carbocycles. The van der Waals surface area contributed by atoms with Crippen LogP contribution in [0, 0.1) is 5.82 Å². The maximum Gasteiger partial charge on any atom is 0.416 e. The van der Waals surface area contributed by atoms with Crippen LogP contribution in [0.3, 0.4) is 0 Å². The Morgan fingerprint density at radius 3 is 2.32 bits per heavy atom. The summed E-state index contributed by atoms with van der Waals surface area (Å²) in [6.45, 7) is -0.187. The van der Waals surface area contributed by atoms with Crippen molar-refractivity contribution in [3.8, 4) is 0 Å². The van der Waals surface area contributed by atoms with Gasteiger partial charge in [-0.1, -0.05) is 30.3 Å². The van der Waals surface area contributed by atoms with Crippen molar-refractivity contribution in [2.24, 2.45) is 0 Å². The number of amides is 1. The van der Waals surface area contributed by atoms with Crippen LogP contribution in [0.15, 0.2) is 77.7 Å². The summed E-state index contributed by atoms with van der Waals surface area (Å²) >= 11 is 0. The summed E-state index contributed by atoms with van der Waals surface area (Å²) in [6, 6.07) is 14.7. The van der Waals surface area contributed by atoms with Crippen molar-refractivity contribution in [3.05, 3.63) is 95.3 Å². The maximum absolute atomic E-state index is 13.7. The molecule has 0 aliphatic rings. The van der Waals surface area contributed by atoms with E-state index in [0.29, 0.717) is 0 Å². The van der Waals surface area contributed by atoms with Crippen LogP contribution < -0.4 is 10.0 Å². The van der Waals surface area contributed by atoms with E-state index in [0.717, 1.165) is 24.3 Å². The van der Waals surface area contributed by atoms with Gasteiger partial charge in [-0.3, -0.25) is 9.52 Å². The van der Waals surface area contributed by atoms with Crippen LogP contribution in [0.5, 0.6) is 0 Å². The van der Waals surface area contributed by atoms with Crippen molar-refractivity contribution in [1.82, 2.24) is 5.32 Å². The number of para-hydroxylation sites is 1. The molecule has 0 radical (unpaired) electrons. The smallest absolute Gasteiger partial charge is 0.348 e. The molecule has 3 aromatic rings. The quantitative estimate of drug-likeness (QED) is 0.538. The molecule has 0 bridgehead atoms. The molecule has 1 amide bonds. The monoisotopic (exact) mass is 452 g/mol. The molecule has 0 aromatic heterocycles. The van der Waals surface area contributed by atoms with E-state index in [2.05, 4.69) is 10.0 Å². The molecule has 3 aromatic carbocycles. The van der Waals surface area contributed by atoms with Gasteiger partial charge in [0.15, 0.2) is 0 Å². The van der Waals surface area contributed by atoms with Crippen LogP contribution in [-0.2, 0) is 22.7 Å². The van der Waals surface area contributed by atoms with Gasteiger partial charge in [0.2, 0.25) is 0 Å². The minimum Gasteiger partial charge on any atom is -0.348 e. The third-order valence-electron chi connectivity index (χ3n) is 4.23. The Bertz CT molecular complexity index is 1210. The number of anilines is 1. The van der Waals surface area contributed by atoms with Gasteiger partial charge in [0.25, 0.3) is 15.9 Å². The van der Waals surface area contributed by atoms with Gasteiger partial charge in [-0.25, -0.2) is 12.8 Å². The second-order valence-corrected chi connectivity index (χ2v) is 8.18. The van der Waals surface area contributed by atoms with Gasteiger partial charge in [0.1, 0.15) is 5.82 Å². The molecule has 0 saturated heterocycles. The number of benzene rings is 3. The maximum atomic E-state index is 13.7. The molecule has 162 valence electrons. The lowest BCUT2D eigenvalue weighted by atomic mass is 10.1. The molecule has 10 heteroatoms. The Balaban J connectivity index is 1.74. The Morgan fingerprint density at radius 1 is 0.903 bits per heavy atom. The highest BCUT2D eigenvalue weighted by atomic mass is 32.2. The van der Waals surface area contributed by atoms with Crippen LogP contribution >= 0.6 is 0 Å². The van der Waals surface area contributed by atoms with Crippen LogP contribution in [0.2, 0.25) is 0 Å². The van der Waals surface area contributed by atoms with Gasteiger partial charge in [-0.2, -0.15) is 13.2 Å². The first-order valence-corrected chi connectivity index (χ1v) is 10.4. The van der Waals surface area contributed by atoms with Crippen LogP contribution in [-0.4, -0.2) is 14.3 Å². The van der Waals surface area contributed by atoms with Gasteiger partial charge in [0.05, 0.1) is 16.1 Å². The van der Waals surface area contributed by atoms with E-state index in [1.54, 1.807) is 0 Å². The molecule has 0 unspecified atom stereocenters. The van der Waals surface area contributed by atoms with Crippen molar-refractivity contribution >= 4 is 21.6 Å². The van der Waals surface area contributed by atoms with Gasteiger partial charge in [0, 0.05) is 12.1 Å². The predicted octanol–water partition coefficient (Wildman–Crippen LogP) is 4.58. The zero-order chi connectivity index (χ0) is 22.6. The first-order valence-electron chi connectivity index (χ1n) is 8.88. The normalized spacial score (nSPS) is 11.7. The summed E-state index contributed by atoms with van der Waals surface area (Å²) in [7, 11) is -4.18. The fraction of sp³-hybridized carbons (Fsp3) is 0.0952. The zero-order valence-corrected chi connectivity index (χ0v) is 16.6. The number of nitrogens with one attached hydrogen (secondary N) is 2. The minimum atomic E-state index is -4.51. The van der Waals surface area contributed by atoms with Gasteiger partial charge < -0.3 is 5.32 Å². The fourth-order valence-corrected chi connectivity index (χ4v) is 3.81. The lowest BCUT2D eigenvalue weighted by molar-refractivity contribution is -0.137. The van der Waals surface area contributed by atoms with Crippen molar-refractivity contribution in [1.29, 1.82) is 0 Å². The molecule has 0 atom stereocenters. The van der Waals surface area contributed by atoms with Gasteiger partial charge >= 0.3 is 6.18 Å². The molecule has 5 nitrogen and oxygen atoms in total. The van der Waals surface area contributed by atoms with Crippen molar-refractivity contribution < 1.29 is 30.8 Å². The highest BCUT2D eigenvalue weighted by Crippen LogP contribution is 2.29. The highest BCUT2D eigenvalue weighted by Gasteiger charge is 2.30. The number of sulfonamides is 1. The van der Waals surface area contributed by atoms with E-state index >= 15 is 0 Å². The topological polar surface area (TPSA) is 75.3 Å². The molecule has 2 N–H and O–H groups in total. The number of alkyl halides is 3. The summed E-state index contributed by atoms with van der Waals surface area (Å²) in [5.74, 6) is -1.44. The highest BCUT2D eigenvalue weighted by molar-refractivity contribution is 7.92. The number of rotatable bonds is 6. The van der Waals surface area contributed by atoms with Crippen molar-refractivity contribution in [2.45, 2.75) is 17.6 Å². The van der Waals surface area contributed by atoms with E-state index in [9.17, 15) is 30.8 Å². The van der Waals surface area contributed by atoms with Gasteiger partial charge in [-0.05, 0) is 48.0 Å². The third-order valence-corrected chi connectivity index (χ3v) is 5.60. The van der Waals surface area contributed by atoms with Crippen LogP contribution in [0.25, 0.3) is 0 Å². The van der Waals surface area contributed by atoms with Crippen LogP contribution in [0.4, 0.5) is 23.2 Å². The standard InChI is InChI=1S/C21H16F4N2O3S/c22-18-9-1-2-10-19(18)27-31(29,30)17-8-4-6-15(12-17)20(28)26-13-14-5-3-7-16(11-14)21(23,24)25/h1-12,27H,13H2,(H,26,28). The molecule has 3 rings (SSSR count). The van der Waals surface area contributed by atoms with Crippen molar-refractivity contribution in [3.63, 3.8) is 0 Å². The van der Waals surface area contributed by atoms with Crippen LogP contribution in [0.1, 0.15) is 21.5 Å². The number of carbonyl (C=O) groups excluding carboxylic acids is 1. The molecular formula is C21H16F4N2O3S. The average Bonchev–Trinajstić information content (AvgIpc) is 2.73. The number of halogens is 4. The summed E-state index contributed by atoms with van der Waals surface area (Å²) in [6.07, 6.45) is -4.51. The Kier molecular flexibility index (Phi) is 6.30. The minimum absolute atomic E-state index is 0.0246. The Morgan fingerprint density at radius 2 is 1.61 bits per heavy atom. The summed E-state index contributed by atoms with van der Waals surface area (Å²) < 4.78 is 79.3. The van der Waals surface area contributed by atoms with E-state index in [1.807, 2.05) is 0 Å². The molecule has 31 heavy (non-hydrogen) atoms. The Labute approximate surface area is 175 Å². The largest absolute Gasteiger partial charge is 0.416 e. The Hall–Kier alpha value is -3.40. The lowest BCUT2D eigenvalue weighted by Gasteiger charge is -2.11. The van der Waals surface area contributed by atoms with E-state index in [4.69, 9.17) is 0 Å². The van der Waals surface area contributed by atoms with E-state index in [-0.39, 0.29) is 28.3 Å². The second-order valence-electron chi connectivity index (χ2n) is 6.49. The zero-order valence-electron chi connectivity index (χ0n) is 15.8. The SMILES string of the molecule is O=C(NCc1cccc(C(F)(F)F)c1)c1cccc(S(=O)(=O)Nc2ccccc2F)c1. The van der Waals surface area contributed by atoms with E-state index < -0.39 is 33.5 Å². The van der Waals surface area contributed by atoms with E-state index in [1.165, 1.54) is 48.5 Å². The molecule has 0 heterocycles. The molecule has 0 aliphatic carbocycles. The molecule has 0 aliphatic heterocycles. The molecule has 0 fully saturated rings. The van der Waals surface area contributed by atoms with Gasteiger partial charge in [-0.15, -0.1) is 0 Å². The lowest BCUT2D eigenvalue weighted by Crippen LogP contribution is -2.23. The third kappa shape index (κ3) is 5.60.